The van der Waals surface area contributed by atoms with Crippen molar-refractivity contribution in [3.63, 3.8) is 0 Å². The van der Waals surface area contributed by atoms with E-state index in [9.17, 15) is 19.8 Å². The Morgan fingerprint density at radius 1 is 0.882 bits per heavy atom. The van der Waals surface area contributed by atoms with Gasteiger partial charge in [-0.3, -0.25) is 0 Å². The standard InChI is InChI=1S/C19H29AsN8O4S2/c1-18(2,11(21)13(29)30)33-20(34-19(3,4)12(22)14(31)32)9-5-7-10(8-6-9)25-17-27-15(23)26-16(24)28-17/h5-8,11-12H,21-22H2,1-4H3,(H,29,30)(H,31,32)(H5,23,24,25,26,27,28)/t11-,12-/m1/s1. The van der Waals surface area contributed by atoms with Gasteiger partial charge in [0.25, 0.3) is 0 Å². The van der Waals surface area contributed by atoms with E-state index in [4.69, 9.17) is 22.9 Å². The van der Waals surface area contributed by atoms with Gasteiger partial charge in [-0.2, -0.15) is 0 Å². The van der Waals surface area contributed by atoms with E-state index in [0.29, 0.717) is 5.69 Å². The fourth-order valence-corrected chi connectivity index (χ4v) is 21.1. The number of carboxylic acid groups (broad SMARTS) is 2. The molecule has 0 saturated carbocycles. The summed E-state index contributed by atoms with van der Waals surface area (Å²) in [6, 6.07) is 5.19. The number of nitrogens with two attached hydrogens (primary N) is 4. The van der Waals surface area contributed by atoms with Crippen molar-refractivity contribution in [2.24, 2.45) is 11.5 Å². The van der Waals surface area contributed by atoms with Gasteiger partial charge in [0.1, 0.15) is 0 Å². The van der Waals surface area contributed by atoms with E-state index in [1.807, 2.05) is 24.3 Å². The Hall–Kier alpha value is -2.25. The molecule has 186 valence electrons. The summed E-state index contributed by atoms with van der Waals surface area (Å²) >= 11 is -2.21. The zero-order valence-corrected chi connectivity index (χ0v) is 22.6. The molecule has 1 aromatic heterocycles. The van der Waals surface area contributed by atoms with Crippen LogP contribution in [0, 0.1) is 0 Å². The van der Waals surface area contributed by atoms with Gasteiger partial charge in [0.2, 0.25) is 0 Å². The minimum absolute atomic E-state index is 0.0127. The molecule has 0 unspecified atom stereocenters. The molecule has 15 heteroatoms. The summed E-state index contributed by atoms with van der Waals surface area (Å²) in [6.45, 7) is 7.09. The molecule has 0 amide bonds. The van der Waals surface area contributed by atoms with E-state index in [1.54, 1.807) is 27.7 Å². The first-order chi connectivity index (χ1) is 15.6. The summed E-state index contributed by atoms with van der Waals surface area (Å²) in [6.07, 6.45) is 0. The van der Waals surface area contributed by atoms with Gasteiger partial charge >= 0.3 is 209 Å². The van der Waals surface area contributed by atoms with Crippen molar-refractivity contribution < 1.29 is 19.8 Å². The summed E-state index contributed by atoms with van der Waals surface area (Å²) in [5.74, 6) is -2.04. The normalized spacial score (nSPS) is 14.0. The average Bonchev–Trinajstić information content (AvgIpc) is 2.71. The molecule has 0 aliphatic carbocycles. The molecule has 1 aromatic carbocycles. The topological polar surface area (TPSA) is 229 Å². The van der Waals surface area contributed by atoms with Gasteiger partial charge in [-0.15, -0.1) is 0 Å². The first-order valence-electron chi connectivity index (χ1n) is 9.91. The number of rotatable bonds is 11. The van der Waals surface area contributed by atoms with Crippen LogP contribution in [-0.2, 0) is 9.59 Å². The SMILES string of the molecule is CC(C)(S[As](SC(C)(C)[C@H](N)C(=O)O)c1ccc(Nc2nc(N)nc(N)n2)cc1)[C@H](N)C(=O)O. The Balaban J connectivity index is 2.35. The number of carboxylic acids is 2. The summed E-state index contributed by atoms with van der Waals surface area (Å²) in [4.78, 5) is 34.8. The summed E-state index contributed by atoms with van der Waals surface area (Å²) in [5, 5.41) is 21.9. The molecule has 0 saturated heterocycles. The third-order valence-electron chi connectivity index (χ3n) is 4.67. The Kier molecular flexibility index (Phi) is 9.05. The maximum absolute atomic E-state index is 11.5. The number of hydrogen-bond acceptors (Lipinski definition) is 12. The van der Waals surface area contributed by atoms with Gasteiger partial charge in [-0.1, -0.05) is 0 Å². The van der Waals surface area contributed by atoms with Crippen LogP contribution in [0.2, 0.25) is 0 Å². The Labute approximate surface area is 208 Å². The molecule has 2 atom stereocenters. The van der Waals surface area contributed by atoms with Crippen molar-refractivity contribution in [1.29, 1.82) is 0 Å². The number of carbonyl (C=O) groups is 2. The quantitative estimate of drug-likeness (QED) is 0.180. The first-order valence-corrected chi connectivity index (χ1v) is 17.0. The number of nitrogen functional groups attached to an aromatic ring is 2. The fraction of sp³-hybridized carbons (Fsp3) is 0.421. The number of aliphatic carboxylic acids is 2. The second-order valence-electron chi connectivity index (χ2n) is 8.33. The predicted molar refractivity (Wildman–Crippen MR) is 138 cm³/mol. The van der Waals surface area contributed by atoms with E-state index in [0.717, 1.165) is 4.35 Å². The van der Waals surface area contributed by atoms with E-state index >= 15 is 0 Å². The maximum atomic E-state index is 11.5. The minimum atomic E-state index is -2.21. The third kappa shape index (κ3) is 7.37. The summed E-state index contributed by atoms with van der Waals surface area (Å²) < 4.78 is -0.655. The molecule has 0 spiro atoms. The van der Waals surface area contributed by atoms with Crippen molar-refractivity contribution in [2.45, 2.75) is 49.3 Å². The van der Waals surface area contributed by atoms with Crippen LogP contribution in [-0.4, -0.2) is 71.0 Å². The zero-order valence-electron chi connectivity index (χ0n) is 19.1. The number of nitrogens with one attached hydrogen (secondary N) is 1. The van der Waals surface area contributed by atoms with Crippen LogP contribution >= 0.6 is 20.0 Å². The van der Waals surface area contributed by atoms with Crippen LogP contribution in [0.25, 0.3) is 0 Å². The van der Waals surface area contributed by atoms with Gasteiger partial charge in [-0.05, 0) is 0 Å². The van der Waals surface area contributed by atoms with Crippen molar-refractivity contribution in [2.75, 3.05) is 16.8 Å². The van der Waals surface area contributed by atoms with Crippen LogP contribution in [0.1, 0.15) is 27.7 Å². The number of anilines is 4. The number of aromatic nitrogens is 3. The molecule has 0 bridgehead atoms. The molecule has 1 heterocycles. The van der Waals surface area contributed by atoms with Crippen LogP contribution in [0.15, 0.2) is 24.3 Å². The number of benzene rings is 1. The molecule has 11 N–H and O–H groups in total. The van der Waals surface area contributed by atoms with Crippen molar-refractivity contribution in [3.05, 3.63) is 24.3 Å². The molecule has 0 fully saturated rings. The Morgan fingerprint density at radius 3 is 1.68 bits per heavy atom. The third-order valence-corrected chi connectivity index (χ3v) is 20.5. The van der Waals surface area contributed by atoms with Gasteiger partial charge in [-0.25, -0.2) is 0 Å². The molecular formula is C19H29AsN8O4S2. The molecule has 34 heavy (non-hydrogen) atoms. The Bertz CT molecular complexity index is 987. The monoisotopic (exact) mass is 572 g/mol. The van der Waals surface area contributed by atoms with Gasteiger partial charge in [0, 0.05) is 0 Å². The molecule has 0 aliphatic rings. The zero-order chi connectivity index (χ0) is 25.8. The molecular weight excluding hydrogens is 543 g/mol. The summed E-state index contributed by atoms with van der Waals surface area (Å²) in [7, 11) is 2.95. The van der Waals surface area contributed by atoms with Gasteiger partial charge in [0.15, 0.2) is 0 Å². The average molecular weight is 573 g/mol. The molecule has 12 nitrogen and oxygen atoms in total. The van der Waals surface area contributed by atoms with Gasteiger partial charge < -0.3 is 0 Å². The van der Waals surface area contributed by atoms with Crippen LogP contribution in [0.3, 0.4) is 0 Å². The predicted octanol–water partition coefficient (Wildman–Crippen LogP) is 0.322. The number of nitrogens with zero attached hydrogens (tertiary/aromatic N) is 3. The fourth-order valence-electron chi connectivity index (χ4n) is 2.52. The van der Waals surface area contributed by atoms with Crippen LogP contribution in [0.4, 0.5) is 23.5 Å². The van der Waals surface area contributed by atoms with Crippen LogP contribution in [0.5, 0.6) is 0 Å². The molecule has 0 aliphatic heterocycles. The first kappa shape index (κ1) is 28.0. The van der Waals surface area contributed by atoms with Crippen molar-refractivity contribution in [1.82, 2.24) is 15.0 Å². The molecule has 0 radical (unpaired) electrons. The van der Waals surface area contributed by atoms with E-state index in [-0.39, 0.29) is 17.8 Å². The Morgan fingerprint density at radius 2 is 1.29 bits per heavy atom. The second-order valence-corrected chi connectivity index (χ2v) is 20.3. The van der Waals surface area contributed by atoms with E-state index in [1.165, 1.54) is 20.0 Å². The number of hydrogen-bond donors (Lipinski definition) is 7. The van der Waals surface area contributed by atoms with Crippen molar-refractivity contribution >= 4 is 72.2 Å². The van der Waals surface area contributed by atoms with Gasteiger partial charge in [0.05, 0.1) is 0 Å². The molecule has 2 aromatic rings. The van der Waals surface area contributed by atoms with E-state index < -0.39 is 45.9 Å². The second kappa shape index (κ2) is 11.0. The van der Waals surface area contributed by atoms with Crippen molar-refractivity contribution in [3.8, 4) is 0 Å². The summed E-state index contributed by atoms with van der Waals surface area (Å²) in [5.41, 5.74) is 23.8. The van der Waals surface area contributed by atoms with Crippen LogP contribution < -0.4 is 32.6 Å². The van der Waals surface area contributed by atoms with E-state index in [2.05, 4.69) is 20.3 Å². The molecule has 2 rings (SSSR count).